The van der Waals surface area contributed by atoms with Gasteiger partial charge >= 0.3 is 0 Å². The largest absolute Gasteiger partial charge is 0.301 e. The second-order valence-corrected chi connectivity index (χ2v) is 16.1. The Morgan fingerprint density at radius 3 is 0.977 bits per heavy atom. The summed E-state index contributed by atoms with van der Waals surface area (Å²) < 4.78 is 0. The van der Waals surface area contributed by atoms with E-state index in [0.29, 0.717) is 0 Å². The first-order chi connectivity index (χ1) is 21.6. The van der Waals surface area contributed by atoms with Gasteiger partial charge in [-0.15, -0.1) is 0 Å². The van der Waals surface area contributed by atoms with E-state index in [-0.39, 0.29) is 0 Å². The van der Waals surface area contributed by atoms with Crippen LogP contribution in [0.3, 0.4) is 0 Å². The fraction of sp³-hybridized carbons (Fsp3) is 0.905. The lowest BCUT2D eigenvalue weighted by atomic mass is 9.69. The zero-order chi connectivity index (χ0) is 30.7. The molecule has 0 bridgehead atoms. The molecule has 0 unspecified atom stereocenters. The van der Waals surface area contributed by atoms with Crippen molar-refractivity contribution in [3.8, 4) is 0 Å². The molecule has 44 heavy (non-hydrogen) atoms. The van der Waals surface area contributed by atoms with Crippen LogP contribution in [0.25, 0.3) is 0 Å². The third-order valence-electron chi connectivity index (χ3n) is 13.8. The monoisotopic (exact) mass is 607 g/mol. The summed E-state index contributed by atoms with van der Waals surface area (Å²) in [5, 5.41) is 0. The first kappa shape index (κ1) is 34.7. The summed E-state index contributed by atoms with van der Waals surface area (Å²) in [5.41, 5.74) is 3.93. The third kappa shape index (κ3) is 9.27. The molecule has 2 heteroatoms. The van der Waals surface area contributed by atoms with Gasteiger partial charge < -0.3 is 9.80 Å². The topological polar surface area (TPSA) is 6.48 Å². The van der Waals surface area contributed by atoms with Crippen LogP contribution in [-0.2, 0) is 0 Å². The molecule has 0 radical (unpaired) electrons. The van der Waals surface area contributed by atoms with Crippen molar-refractivity contribution in [1.29, 1.82) is 0 Å². The summed E-state index contributed by atoms with van der Waals surface area (Å²) in [4.78, 5) is 5.50. The maximum Gasteiger partial charge on any atom is 0.00954 e. The fourth-order valence-electron chi connectivity index (χ4n) is 11.1. The van der Waals surface area contributed by atoms with Gasteiger partial charge in [-0.3, -0.25) is 0 Å². The van der Waals surface area contributed by atoms with Gasteiger partial charge in [0.1, 0.15) is 0 Å². The lowest BCUT2D eigenvalue weighted by Gasteiger charge is -2.41. The molecule has 0 amide bonds. The summed E-state index contributed by atoms with van der Waals surface area (Å²) in [6.45, 7) is 14.4. The predicted octanol–water partition coefficient (Wildman–Crippen LogP) is 11.6. The van der Waals surface area contributed by atoms with Gasteiger partial charge in [0.2, 0.25) is 0 Å². The van der Waals surface area contributed by atoms with Crippen LogP contribution < -0.4 is 0 Å². The van der Waals surface area contributed by atoms with E-state index >= 15 is 0 Å². The van der Waals surface area contributed by atoms with Gasteiger partial charge in [0.05, 0.1) is 0 Å². The van der Waals surface area contributed by atoms with Gasteiger partial charge in [-0.2, -0.15) is 0 Å². The first-order valence-electron chi connectivity index (χ1n) is 20.5. The van der Waals surface area contributed by atoms with Crippen molar-refractivity contribution in [2.75, 3.05) is 26.2 Å². The molecule has 5 fully saturated rings. The SMILES string of the molecule is CCN(CC)C1CCC(C(=CC2CCC(C=C(C3CCCCC3)C3CCCCC3)CC2)C2CCC(N(CC)CC)CC2)CC1. The zero-order valence-corrected chi connectivity index (χ0v) is 30.1. The van der Waals surface area contributed by atoms with E-state index in [4.69, 9.17) is 0 Å². The predicted molar refractivity (Wildman–Crippen MR) is 192 cm³/mol. The minimum Gasteiger partial charge on any atom is -0.301 e. The van der Waals surface area contributed by atoms with Crippen LogP contribution in [0.1, 0.15) is 169 Å². The Labute approximate surface area is 275 Å². The molecule has 0 atom stereocenters. The number of hydrogen-bond acceptors (Lipinski definition) is 2. The first-order valence-corrected chi connectivity index (χ1v) is 20.5. The fourth-order valence-corrected chi connectivity index (χ4v) is 11.1. The molecule has 0 aromatic heterocycles. The Morgan fingerprint density at radius 2 is 0.682 bits per heavy atom. The van der Waals surface area contributed by atoms with Crippen molar-refractivity contribution in [3.63, 3.8) is 0 Å². The molecule has 0 spiro atoms. The van der Waals surface area contributed by atoms with E-state index in [0.717, 1.165) is 47.6 Å². The van der Waals surface area contributed by atoms with Crippen LogP contribution in [0.5, 0.6) is 0 Å². The van der Waals surface area contributed by atoms with Crippen molar-refractivity contribution in [3.05, 3.63) is 23.3 Å². The third-order valence-corrected chi connectivity index (χ3v) is 13.8. The van der Waals surface area contributed by atoms with E-state index in [2.05, 4.69) is 49.6 Å². The summed E-state index contributed by atoms with van der Waals surface area (Å²) in [6.07, 6.45) is 38.2. The summed E-state index contributed by atoms with van der Waals surface area (Å²) in [5.74, 6) is 5.35. The Balaban J connectivity index is 1.25. The van der Waals surface area contributed by atoms with E-state index in [1.165, 1.54) is 167 Å². The van der Waals surface area contributed by atoms with E-state index in [1.807, 2.05) is 11.1 Å². The minimum absolute atomic E-state index is 0.839. The van der Waals surface area contributed by atoms with E-state index in [9.17, 15) is 0 Å². The van der Waals surface area contributed by atoms with E-state index in [1.54, 1.807) is 0 Å². The summed E-state index contributed by atoms with van der Waals surface area (Å²) in [7, 11) is 0. The Kier molecular flexibility index (Phi) is 14.3. The highest BCUT2D eigenvalue weighted by Gasteiger charge is 2.34. The van der Waals surface area contributed by atoms with Gasteiger partial charge in [-0.05, 0) is 164 Å². The Morgan fingerprint density at radius 1 is 0.386 bits per heavy atom. The molecule has 0 aromatic carbocycles. The van der Waals surface area contributed by atoms with Gasteiger partial charge in [-0.1, -0.05) is 89.5 Å². The van der Waals surface area contributed by atoms with Crippen molar-refractivity contribution in [2.24, 2.45) is 35.5 Å². The molecule has 0 saturated heterocycles. The highest BCUT2D eigenvalue weighted by Crippen LogP contribution is 2.45. The lowest BCUT2D eigenvalue weighted by Crippen LogP contribution is -2.40. The van der Waals surface area contributed by atoms with Crippen molar-refractivity contribution >= 4 is 0 Å². The molecule has 2 nitrogen and oxygen atoms in total. The maximum atomic E-state index is 2.95. The quantitative estimate of drug-likeness (QED) is 0.204. The van der Waals surface area contributed by atoms with E-state index < -0.39 is 0 Å². The van der Waals surface area contributed by atoms with Crippen LogP contribution in [0.4, 0.5) is 0 Å². The molecule has 0 aromatic rings. The van der Waals surface area contributed by atoms with Gasteiger partial charge in [-0.25, -0.2) is 0 Å². The molecule has 0 N–H and O–H groups in total. The number of hydrogen-bond donors (Lipinski definition) is 0. The standard InChI is InChI=1S/C42H74N2/c1-5-43(6-2)39-27-23-37(24-28-39)42(38-25-29-40(30-26-38)44(7-3)8-4)32-34-21-19-33(20-22-34)31-41(35-15-11-9-12-16-35)36-17-13-10-14-18-36/h31-40H,5-30H2,1-4H3. The second kappa shape index (κ2) is 18.1. The molecule has 0 heterocycles. The Bertz CT molecular complexity index is 790. The van der Waals surface area contributed by atoms with Crippen molar-refractivity contribution < 1.29 is 0 Å². The lowest BCUT2D eigenvalue weighted by molar-refractivity contribution is 0.139. The number of rotatable bonds is 12. The zero-order valence-electron chi connectivity index (χ0n) is 30.1. The van der Waals surface area contributed by atoms with Crippen LogP contribution in [-0.4, -0.2) is 48.1 Å². The molecule has 5 saturated carbocycles. The smallest absolute Gasteiger partial charge is 0.00954 e. The average molecular weight is 607 g/mol. The van der Waals surface area contributed by atoms with Crippen molar-refractivity contribution in [1.82, 2.24) is 9.80 Å². The highest BCUT2D eigenvalue weighted by atomic mass is 15.1. The molecular formula is C42H74N2. The average Bonchev–Trinajstić information content (AvgIpc) is 3.09. The van der Waals surface area contributed by atoms with Crippen LogP contribution >= 0.6 is 0 Å². The Hall–Kier alpha value is -0.600. The number of allylic oxidation sites excluding steroid dienone is 4. The number of nitrogens with zero attached hydrogens (tertiary/aromatic N) is 2. The second-order valence-electron chi connectivity index (χ2n) is 16.1. The molecule has 252 valence electrons. The van der Waals surface area contributed by atoms with Gasteiger partial charge in [0, 0.05) is 12.1 Å². The molecule has 5 rings (SSSR count). The minimum atomic E-state index is 0.839. The normalized spacial score (nSPS) is 33.0. The highest BCUT2D eigenvalue weighted by molar-refractivity contribution is 5.18. The van der Waals surface area contributed by atoms with Gasteiger partial charge in [0.15, 0.2) is 0 Å². The molecule has 0 aliphatic heterocycles. The van der Waals surface area contributed by atoms with Crippen LogP contribution in [0, 0.1) is 35.5 Å². The summed E-state index contributed by atoms with van der Waals surface area (Å²) >= 11 is 0. The van der Waals surface area contributed by atoms with Crippen molar-refractivity contribution in [2.45, 2.75) is 181 Å². The van der Waals surface area contributed by atoms with Crippen LogP contribution in [0.15, 0.2) is 23.3 Å². The molecule has 5 aliphatic carbocycles. The van der Waals surface area contributed by atoms with Gasteiger partial charge in [0.25, 0.3) is 0 Å². The summed E-state index contributed by atoms with van der Waals surface area (Å²) in [6, 6.07) is 1.68. The maximum absolute atomic E-state index is 2.95. The molecular weight excluding hydrogens is 532 g/mol. The molecule has 5 aliphatic rings. The van der Waals surface area contributed by atoms with Crippen LogP contribution in [0.2, 0.25) is 0 Å².